The zero-order valence-electron chi connectivity index (χ0n) is 10.1. The van der Waals surface area contributed by atoms with E-state index in [2.05, 4.69) is 5.32 Å². The third-order valence-corrected chi connectivity index (χ3v) is 2.30. The van der Waals surface area contributed by atoms with E-state index in [1.54, 1.807) is 20.8 Å². The van der Waals surface area contributed by atoms with Gasteiger partial charge in [0.25, 0.3) is 0 Å². The Kier molecular flexibility index (Phi) is 4.13. The monoisotopic (exact) mass is 233 g/mol. The molecule has 5 heteroatoms. The fraction of sp³-hybridized carbons (Fsp3) is 0.909. The van der Waals surface area contributed by atoms with Crippen molar-refractivity contribution < 1.29 is 18.7 Å². The molecule has 0 aromatic carbocycles. The van der Waals surface area contributed by atoms with Gasteiger partial charge in [-0.2, -0.15) is 0 Å². The lowest BCUT2D eigenvalue weighted by Crippen LogP contribution is -2.36. The number of rotatable bonds is 3. The van der Waals surface area contributed by atoms with Crippen LogP contribution in [0.15, 0.2) is 0 Å². The maximum absolute atomic E-state index is 13.8. The van der Waals surface area contributed by atoms with Gasteiger partial charge < -0.3 is 14.8 Å². The molecular weight excluding hydrogens is 213 g/mol. The molecule has 1 N–H and O–H groups in total. The van der Waals surface area contributed by atoms with E-state index in [0.717, 1.165) is 0 Å². The highest BCUT2D eigenvalue weighted by molar-refractivity contribution is 5.67. The Bertz CT molecular complexity index is 244. The first kappa shape index (κ1) is 13.2. The molecule has 1 aliphatic rings. The van der Waals surface area contributed by atoms with Gasteiger partial charge in [0, 0.05) is 26.0 Å². The fourth-order valence-corrected chi connectivity index (χ4v) is 1.48. The maximum atomic E-state index is 13.8. The van der Waals surface area contributed by atoms with Crippen LogP contribution < -0.4 is 5.32 Å². The molecule has 1 fully saturated rings. The molecule has 1 heterocycles. The van der Waals surface area contributed by atoms with Crippen LogP contribution in [-0.4, -0.2) is 37.1 Å². The van der Waals surface area contributed by atoms with E-state index in [1.807, 2.05) is 0 Å². The van der Waals surface area contributed by atoms with Gasteiger partial charge in [-0.3, -0.25) is 0 Å². The van der Waals surface area contributed by atoms with Crippen LogP contribution in [0.25, 0.3) is 0 Å². The average Bonchev–Trinajstić information content (AvgIpc) is 2.49. The summed E-state index contributed by atoms with van der Waals surface area (Å²) in [5, 5.41) is 2.53. The maximum Gasteiger partial charge on any atom is 0.407 e. The van der Waals surface area contributed by atoms with Gasteiger partial charge in [-0.25, -0.2) is 9.18 Å². The third-order valence-electron chi connectivity index (χ3n) is 2.30. The van der Waals surface area contributed by atoms with E-state index < -0.39 is 17.4 Å². The zero-order chi connectivity index (χ0) is 12.2. The van der Waals surface area contributed by atoms with E-state index in [1.165, 1.54) is 0 Å². The Hall–Kier alpha value is -0.840. The minimum atomic E-state index is -1.28. The molecule has 0 aromatic heterocycles. The average molecular weight is 233 g/mol. The predicted octanol–water partition coefficient (Wildman–Crippen LogP) is 2.03. The molecule has 1 atom stereocenters. The van der Waals surface area contributed by atoms with Gasteiger partial charge in [0.05, 0.1) is 6.61 Å². The number of nitrogens with one attached hydrogen (secondary N) is 1. The predicted molar refractivity (Wildman–Crippen MR) is 58.1 cm³/mol. The summed E-state index contributed by atoms with van der Waals surface area (Å²) < 4.78 is 23.8. The van der Waals surface area contributed by atoms with Crippen molar-refractivity contribution in [2.45, 2.75) is 44.9 Å². The molecule has 94 valence electrons. The van der Waals surface area contributed by atoms with Crippen LogP contribution in [0.5, 0.6) is 0 Å². The SMILES string of the molecule is CC(C)(C)OC(=O)NCCC1(F)CCOC1. The molecule has 1 aliphatic heterocycles. The minimum absolute atomic E-state index is 0.128. The number of hydrogen-bond donors (Lipinski definition) is 1. The van der Waals surface area contributed by atoms with E-state index in [-0.39, 0.29) is 19.6 Å². The topological polar surface area (TPSA) is 47.6 Å². The summed E-state index contributed by atoms with van der Waals surface area (Å²) >= 11 is 0. The highest BCUT2D eigenvalue weighted by Gasteiger charge is 2.34. The first-order valence-corrected chi connectivity index (χ1v) is 5.54. The number of carbonyl (C=O) groups is 1. The fourth-order valence-electron chi connectivity index (χ4n) is 1.48. The first-order valence-electron chi connectivity index (χ1n) is 5.54. The van der Waals surface area contributed by atoms with Gasteiger partial charge in [0.15, 0.2) is 0 Å². The summed E-state index contributed by atoms with van der Waals surface area (Å²) in [6.45, 7) is 6.22. The van der Waals surface area contributed by atoms with Gasteiger partial charge in [0.1, 0.15) is 11.3 Å². The van der Waals surface area contributed by atoms with Gasteiger partial charge in [-0.15, -0.1) is 0 Å². The van der Waals surface area contributed by atoms with Crippen molar-refractivity contribution in [1.29, 1.82) is 0 Å². The number of ether oxygens (including phenoxy) is 2. The summed E-state index contributed by atoms with van der Waals surface area (Å²) in [7, 11) is 0. The Morgan fingerprint density at radius 2 is 2.25 bits per heavy atom. The van der Waals surface area contributed by atoms with Gasteiger partial charge in [-0.1, -0.05) is 0 Å². The molecule has 16 heavy (non-hydrogen) atoms. The van der Waals surface area contributed by atoms with Crippen molar-refractivity contribution in [3.63, 3.8) is 0 Å². The molecule has 0 spiro atoms. The van der Waals surface area contributed by atoms with E-state index in [0.29, 0.717) is 13.0 Å². The lowest BCUT2D eigenvalue weighted by atomic mass is 10.0. The number of carbonyl (C=O) groups excluding carboxylic acids is 1. The van der Waals surface area contributed by atoms with Crippen LogP contribution >= 0.6 is 0 Å². The van der Waals surface area contributed by atoms with Crippen LogP contribution in [0.1, 0.15) is 33.6 Å². The second kappa shape index (κ2) is 4.99. The molecule has 0 saturated carbocycles. The number of halogens is 1. The van der Waals surface area contributed by atoms with Crippen molar-refractivity contribution >= 4 is 6.09 Å². The lowest BCUT2D eigenvalue weighted by Gasteiger charge is -2.21. The number of alkyl halides is 1. The molecule has 0 aliphatic carbocycles. The zero-order valence-corrected chi connectivity index (χ0v) is 10.1. The molecule has 0 radical (unpaired) electrons. The van der Waals surface area contributed by atoms with Gasteiger partial charge in [-0.05, 0) is 20.8 Å². The smallest absolute Gasteiger partial charge is 0.407 e. The van der Waals surface area contributed by atoms with Crippen molar-refractivity contribution in [3.8, 4) is 0 Å². The molecule has 0 aromatic rings. The van der Waals surface area contributed by atoms with Gasteiger partial charge >= 0.3 is 6.09 Å². The van der Waals surface area contributed by atoms with Crippen molar-refractivity contribution in [3.05, 3.63) is 0 Å². The molecular formula is C11H20FNO3. The molecule has 1 saturated heterocycles. The summed E-state index contributed by atoms with van der Waals surface area (Å²) in [5.74, 6) is 0. The number of hydrogen-bond acceptors (Lipinski definition) is 3. The van der Waals surface area contributed by atoms with E-state index in [9.17, 15) is 9.18 Å². The van der Waals surface area contributed by atoms with Crippen LogP contribution in [0.2, 0.25) is 0 Å². The quantitative estimate of drug-likeness (QED) is 0.811. The number of alkyl carbamates (subject to hydrolysis) is 1. The largest absolute Gasteiger partial charge is 0.444 e. The second-order valence-corrected chi connectivity index (χ2v) is 5.13. The van der Waals surface area contributed by atoms with Crippen molar-refractivity contribution in [1.82, 2.24) is 5.32 Å². The highest BCUT2D eigenvalue weighted by Crippen LogP contribution is 2.26. The molecule has 1 unspecified atom stereocenters. The number of amides is 1. The Morgan fingerprint density at radius 1 is 1.56 bits per heavy atom. The van der Waals surface area contributed by atoms with Crippen LogP contribution in [-0.2, 0) is 9.47 Å². The van der Waals surface area contributed by atoms with E-state index in [4.69, 9.17) is 9.47 Å². The van der Waals surface area contributed by atoms with Crippen molar-refractivity contribution in [2.24, 2.45) is 0 Å². The van der Waals surface area contributed by atoms with Gasteiger partial charge in [0.2, 0.25) is 0 Å². The van der Waals surface area contributed by atoms with Crippen LogP contribution in [0.3, 0.4) is 0 Å². The minimum Gasteiger partial charge on any atom is -0.444 e. The summed E-state index contributed by atoms with van der Waals surface area (Å²) in [6.07, 6.45) is 0.171. The molecule has 1 amide bonds. The Morgan fingerprint density at radius 3 is 2.75 bits per heavy atom. The summed E-state index contributed by atoms with van der Waals surface area (Å²) in [6, 6.07) is 0. The molecule has 1 rings (SSSR count). The normalized spacial score (nSPS) is 25.5. The highest BCUT2D eigenvalue weighted by atomic mass is 19.1. The first-order chi connectivity index (χ1) is 7.31. The standard InChI is InChI=1S/C11H20FNO3/c1-10(2,3)16-9(14)13-6-4-11(12)5-7-15-8-11/h4-8H2,1-3H3,(H,13,14). The van der Waals surface area contributed by atoms with Crippen molar-refractivity contribution in [2.75, 3.05) is 19.8 Å². The Balaban J connectivity index is 2.18. The second-order valence-electron chi connectivity index (χ2n) is 5.13. The Labute approximate surface area is 95.5 Å². The molecule has 4 nitrogen and oxygen atoms in total. The summed E-state index contributed by atoms with van der Waals surface area (Å²) in [4.78, 5) is 11.2. The van der Waals surface area contributed by atoms with E-state index >= 15 is 0 Å². The van der Waals surface area contributed by atoms with Crippen LogP contribution in [0.4, 0.5) is 9.18 Å². The lowest BCUT2D eigenvalue weighted by molar-refractivity contribution is 0.0508. The molecule has 0 bridgehead atoms. The van der Waals surface area contributed by atoms with Crippen LogP contribution in [0, 0.1) is 0 Å². The third kappa shape index (κ3) is 4.79. The summed E-state index contributed by atoms with van der Waals surface area (Å²) in [5.41, 5.74) is -1.80.